The first-order valence-electron chi connectivity index (χ1n) is 10.3. The van der Waals surface area contributed by atoms with Crippen molar-refractivity contribution in [3.05, 3.63) is 89.2 Å². The molecule has 3 aromatic carbocycles. The van der Waals surface area contributed by atoms with Gasteiger partial charge in [0.05, 0.1) is 11.3 Å². The van der Waals surface area contributed by atoms with Crippen molar-refractivity contribution in [3.8, 4) is 11.1 Å². The van der Waals surface area contributed by atoms with Crippen molar-refractivity contribution in [2.45, 2.75) is 18.9 Å². The third-order valence-electron chi connectivity index (χ3n) is 5.54. The number of carbonyl (C=O) groups is 3. The minimum Gasteiger partial charge on any atom is -0.478 e. The molecule has 0 radical (unpaired) electrons. The van der Waals surface area contributed by atoms with Crippen LogP contribution in [0.15, 0.2) is 66.7 Å². The van der Waals surface area contributed by atoms with Crippen LogP contribution < -0.4 is 10.6 Å². The molecule has 1 atom stereocenters. The maximum absolute atomic E-state index is 13.5. The Morgan fingerprint density at radius 2 is 1.61 bits per heavy atom. The van der Waals surface area contributed by atoms with Crippen molar-refractivity contribution in [1.82, 2.24) is 5.32 Å². The number of benzene rings is 3. The normalized spacial score (nSPS) is 12.9. The van der Waals surface area contributed by atoms with E-state index >= 15 is 0 Å². The molecular weight excluding hydrogens is 427 g/mol. The Labute approximate surface area is 189 Å². The molecule has 168 valence electrons. The molecule has 4 rings (SSSR count). The van der Waals surface area contributed by atoms with Crippen LogP contribution in [-0.2, 0) is 9.53 Å². The predicted octanol–water partition coefficient (Wildman–Crippen LogP) is 4.39. The van der Waals surface area contributed by atoms with Crippen molar-refractivity contribution < 1.29 is 28.6 Å². The van der Waals surface area contributed by atoms with Crippen molar-refractivity contribution >= 4 is 23.7 Å². The zero-order valence-corrected chi connectivity index (χ0v) is 17.7. The standard InChI is InChI=1S/C25H21FN2O5/c1-14(23(29)28-22-12-15(26)10-11-20(22)24(30)31)27-25(32)33-13-21-18-8-4-2-6-16(18)17-7-3-5-9-19(17)21/h2-12,14,21H,13H2,1H3,(H,27,32)(H,28,29)(H,30,31)/t14-/m1/s1. The number of nitrogens with one attached hydrogen (secondary N) is 2. The van der Waals surface area contributed by atoms with Gasteiger partial charge in [-0.1, -0.05) is 48.5 Å². The number of rotatable bonds is 6. The second-order valence-corrected chi connectivity index (χ2v) is 7.68. The smallest absolute Gasteiger partial charge is 0.407 e. The van der Waals surface area contributed by atoms with Gasteiger partial charge in [-0.2, -0.15) is 0 Å². The molecule has 0 spiro atoms. The van der Waals surface area contributed by atoms with Gasteiger partial charge in [-0.25, -0.2) is 14.0 Å². The Morgan fingerprint density at radius 1 is 1.00 bits per heavy atom. The molecule has 7 nitrogen and oxygen atoms in total. The molecule has 33 heavy (non-hydrogen) atoms. The van der Waals surface area contributed by atoms with Gasteiger partial charge in [-0.15, -0.1) is 0 Å². The number of hydrogen-bond acceptors (Lipinski definition) is 4. The molecule has 0 aromatic heterocycles. The van der Waals surface area contributed by atoms with Crippen LogP contribution in [0.3, 0.4) is 0 Å². The van der Waals surface area contributed by atoms with Crippen LogP contribution in [0.1, 0.15) is 34.3 Å². The minimum atomic E-state index is -1.32. The molecule has 0 saturated heterocycles. The summed E-state index contributed by atoms with van der Waals surface area (Å²) >= 11 is 0. The number of halogens is 1. The number of hydrogen-bond donors (Lipinski definition) is 3. The Hall–Kier alpha value is -4.20. The fraction of sp³-hybridized carbons (Fsp3) is 0.160. The zero-order chi connectivity index (χ0) is 23.5. The molecule has 3 aromatic rings. The number of carboxylic acids is 1. The number of fused-ring (bicyclic) bond motifs is 3. The molecule has 0 aliphatic heterocycles. The van der Waals surface area contributed by atoms with E-state index in [-0.39, 0.29) is 23.8 Å². The van der Waals surface area contributed by atoms with Gasteiger partial charge in [0.2, 0.25) is 5.91 Å². The van der Waals surface area contributed by atoms with Gasteiger partial charge in [0.25, 0.3) is 0 Å². The molecular formula is C25H21FN2O5. The van der Waals surface area contributed by atoms with Crippen molar-refractivity contribution in [2.24, 2.45) is 0 Å². The second kappa shape index (κ2) is 9.12. The van der Waals surface area contributed by atoms with E-state index in [1.54, 1.807) is 0 Å². The first-order valence-corrected chi connectivity index (χ1v) is 10.3. The van der Waals surface area contributed by atoms with Crippen molar-refractivity contribution in [1.29, 1.82) is 0 Å². The molecule has 2 amide bonds. The average Bonchev–Trinajstić information content (AvgIpc) is 3.11. The van der Waals surface area contributed by atoms with Crippen LogP contribution in [0.4, 0.5) is 14.9 Å². The Morgan fingerprint density at radius 3 is 2.21 bits per heavy atom. The van der Waals surface area contributed by atoms with Gasteiger partial charge < -0.3 is 20.5 Å². The van der Waals surface area contributed by atoms with E-state index in [9.17, 15) is 23.9 Å². The van der Waals surface area contributed by atoms with Crippen molar-refractivity contribution in [2.75, 3.05) is 11.9 Å². The third-order valence-corrected chi connectivity index (χ3v) is 5.54. The molecule has 0 unspecified atom stereocenters. The lowest BCUT2D eigenvalue weighted by atomic mass is 9.98. The third kappa shape index (κ3) is 4.55. The summed E-state index contributed by atoms with van der Waals surface area (Å²) in [5.74, 6) is -2.86. The largest absolute Gasteiger partial charge is 0.478 e. The highest BCUT2D eigenvalue weighted by Crippen LogP contribution is 2.44. The Balaban J connectivity index is 1.38. The summed E-state index contributed by atoms with van der Waals surface area (Å²) in [4.78, 5) is 36.1. The summed E-state index contributed by atoms with van der Waals surface area (Å²) in [5, 5.41) is 14.0. The van der Waals surface area contributed by atoms with Gasteiger partial charge >= 0.3 is 12.1 Å². The topological polar surface area (TPSA) is 105 Å². The van der Waals surface area contributed by atoms with E-state index in [1.807, 2.05) is 48.5 Å². The molecule has 0 bridgehead atoms. The van der Waals surface area contributed by atoms with Crippen LogP contribution in [0, 0.1) is 5.82 Å². The lowest BCUT2D eigenvalue weighted by Gasteiger charge is -2.17. The fourth-order valence-electron chi connectivity index (χ4n) is 3.93. The first kappa shape index (κ1) is 22.0. The van der Waals surface area contributed by atoms with Crippen LogP contribution in [-0.4, -0.2) is 35.7 Å². The number of amides is 2. The lowest BCUT2D eigenvalue weighted by molar-refractivity contribution is -0.117. The average molecular weight is 448 g/mol. The Kier molecular flexibility index (Phi) is 6.08. The second-order valence-electron chi connectivity index (χ2n) is 7.68. The summed E-state index contributed by atoms with van der Waals surface area (Å²) in [6.07, 6.45) is -0.794. The van der Waals surface area contributed by atoms with Crippen LogP contribution in [0.2, 0.25) is 0 Å². The van der Waals surface area contributed by atoms with Crippen LogP contribution >= 0.6 is 0 Å². The highest BCUT2D eigenvalue weighted by atomic mass is 19.1. The molecule has 8 heteroatoms. The molecule has 0 heterocycles. The number of alkyl carbamates (subject to hydrolysis) is 1. The summed E-state index contributed by atoms with van der Waals surface area (Å²) < 4.78 is 18.9. The van der Waals surface area contributed by atoms with E-state index in [2.05, 4.69) is 10.6 Å². The number of carbonyl (C=O) groups excluding carboxylic acids is 2. The van der Waals surface area contributed by atoms with Crippen molar-refractivity contribution in [3.63, 3.8) is 0 Å². The van der Waals surface area contributed by atoms with Gasteiger partial charge in [0.15, 0.2) is 0 Å². The number of anilines is 1. The number of aromatic carboxylic acids is 1. The van der Waals surface area contributed by atoms with Gasteiger partial charge in [0, 0.05) is 5.92 Å². The number of carboxylic acid groups (broad SMARTS) is 1. The maximum atomic E-state index is 13.5. The van der Waals surface area contributed by atoms with E-state index in [0.717, 1.165) is 40.5 Å². The Bertz CT molecular complexity index is 1200. The zero-order valence-electron chi connectivity index (χ0n) is 17.7. The number of ether oxygens (including phenoxy) is 1. The summed E-state index contributed by atoms with van der Waals surface area (Å²) in [6, 6.07) is 17.7. The maximum Gasteiger partial charge on any atom is 0.407 e. The molecule has 0 fully saturated rings. The highest BCUT2D eigenvalue weighted by molar-refractivity contribution is 6.02. The molecule has 3 N–H and O–H groups in total. The van der Waals surface area contributed by atoms with Gasteiger partial charge in [-0.05, 0) is 47.4 Å². The van der Waals surface area contributed by atoms with E-state index < -0.39 is 29.8 Å². The monoisotopic (exact) mass is 448 g/mol. The minimum absolute atomic E-state index is 0.0846. The summed E-state index contributed by atoms with van der Waals surface area (Å²) in [6.45, 7) is 1.50. The predicted molar refractivity (Wildman–Crippen MR) is 120 cm³/mol. The van der Waals surface area contributed by atoms with E-state index in [0.29, 0.717) is 0 Å². The highest BCUT2D eigenvalue weighted by Gasteiger charge is 2.29. The fourth-order valence-corrected chi connectivity index (χ4v) is 3.93. The molecule has 1 aliphatic rings. The van der Waals surface area contributed by atoms with Crippen LogP contribution in [0.25, 0.3) is 11.1 Å². The summed E-state index contributed by atoms with van der Waals surface area (Å²) in [5.41, 5.74) is 3.85. The quantitative estimate of drug-likeness (QED) is 0.519. The molecule has 0 saturated carbocycles. The van der Waals surface area contributed by atoms with Crippen LogP contribution in [0.5, 0.6) is 0 Å². The lowest BCUT2D eigenvalue weighted by Crippen LogP contribution is -2.42. The SMILES string of the molecule is C[C@@H](NC(=O)OCC1c2ccccc2-c2ccccc21)C(=O)Nc1cc(F)ccc1C(=O)O. The first-order chi connectivity index (χ1) is 15.8. The summed E-state index contributed by atoms with van der Waals surface area (Å²) in [7, 11) is 0. The molecule has 1 aliphatic carbocycles. The van der Waals surface area contributed by atoms with E-state index in [1.165, 1.54) is 6.92 Å². The van der Waals surface area contributed by atoms with Gasteiger partial charge in [-0.3, -0.25) is 4.79 Å². The van der Waals surface area contributed by atoms with E-state index in [4.69, 9.17) is 4.74 Å². The van der Waals surface area contributed by atoms with Gasteiger partial charge in [0.1, 0.15) is 18.5 Å².